The van der Waals surface area contributed by atoms with Crippen LogP contribution in [0.25, 0.3) is 0 Å². The van der Waals surface area contributed by atoms with E-state index in [9.17, 15) is 0 Å². The van der Waals surface area contributed by atoms with Gasteiger partial charge in [-0.2, -0.15) is 0 Å². The molecule has 4 nitrogen and oxygen atoms in total. The van der Waals surface area contributed by atoms with Crippen molar-refractivity contribution >= 4 is 5.84 Å². The molecule has 0 radical (unpaired) electrons. The molecule has 1 unspecified atom stereocenters. The second kappa shape index (κ2) is 6.58. The van der Waals surface area contributed by atoms with Gasteiger partial charge in [-0.05, 0) is 46.0 Å². The summed E-state index contributed by atoms with van der Waals surface area (Å²) < 4.78 is 0. The molecule has 1 atom stereocenters. The van der Waals surface area contributed by atoms with Crippen LogP contribution in [0.4, 0.5) is 0 Å². The molecule has 1 aromatic rings. The number of hydrogen-bond acceptors (Lipinski definition) is 3. The molecule has 1 aromatic carbocycles. The van der Waals surface area contributed by atoms with Gasteiger partial charge in [-0.15, -0.1) is 0 Å². The number of amidine groups is 1. The topological polar surface area (TPSA) is 56.4 Å². The molecule has 0 aliphatic heterocycles. The molecule has 0 bridgehead atoms. The van der Waals surface area contributed by atoms with Gasteiger partial charge in [-0.25, -0.2) is 0 Å². The third-order valence-corrected chi connectivity index (χ3v) is 4.87. The lowest BCUT2D eigenvalue weighted by molar-refractivity contribution is 0.0276. The minimum Gasteiger partial charge on any atom is -0.387 e. The van der Waals surface area contributed by atoms with Gasteiger partial charge in [0.15, 0.2) is 0 Å². The molecule has 2 rings (SSSR count). The SMILES string of the molecule is CN(CC(C(=N)N)c1ccccc1)CC1(N(C)C)CCC1. The molecule has 116 valence electrons. The summed E-state index contributed by atoms with van der Waals surface area (Å²) in [4.78, 5) is 4.69. The van der Waals surface area contributed by atoms with Crippen LogP contribution in [0, 0.1) is 5.41 Å². The third-order valence-electron chi connectivity index (χ3n) is 4.87. The highest BCUT2D eigenvalue weighted by molar-refractivity contribution is 5.84. The molecule has 3 N–H and O–H groups in total. The van der Waals surface area contributed by atoms with Crippen LogP contribution in [-0.2, 0) is 0 Å². The van der Waals surface area contributed by atoms with Crippen LogP contribution < -0.4 is 5.73 Å². The van der Waals surface area contributed by atoms with E-state index in [1.165, 1.54) is 19.3 Å². The number of nitrogens with two attached hydrogens (primary N) is 1. The first-order chi connectivity index (χ1) is 9.94. The van der Waals surface area contributed by atoms with E-state index in [0.717, 1.165) is 18.7 Å². The molecule has 1 saturated carbocycles. The number of likely N-dealkylation sites (N-methyl/N-ethyl adjacent to an activating group) is 2. The lowest BCUT2D eigenvalue weighted by Gasteiger charge is -2.49. The molecule has 0 spiro atoms. The van der Waals surface area contributed by atoms with Crippen LogP contribution in [0.15, 0.2) is 30.3 Å². The average Bonchev–Trinajstić information content (AvgIpc) is 2.40. The Labute approximate surface area is 128 Å². The highest BCUT2D eigenvalue weighted by Crippen LogP contribution is 2.36. The zero-order chi connectivity index (χ0) is 15.5. The molecule has 1 fully saturated rings. The van der Waals surface area contributed by atoms with Crippen molar-refractivity contribution in [1.82, 2.24) is 9.80 Å². The van der Waals surface area contributed by atoms with Crippen LogP contribution in [-0.4, -0.2) is 55.4 Å². The Morgan fingerprint density at radius 3 is 2.29 bits per heavy atom. The van der Waals surface area contributed by atoms with Crippen LogP contribution in [0.1, 0.15) is 30.7 Å². The summed E-state index contributed by atoms with van der Waals surface area (Å²) in [6.07, 6.45) is 3.85. The fourth-order valence-electron chi connectivity index (χ4n) is 3.28. The zero-order valence-electron chi connectivity index (χ0n) is 13.5. The van der Waals surface area contributed by atoms with Gasteiger partial charge in [0.2, 0.25) is 0 Å². The second-order valence-electron chi connectivity index (χ2n) is 6.59. The number of nitrogens with one attached hydrogen (secondary N) is 1. The van der Waals surface area contributed by atoms with E-state index < -0.39 is 0 Å². The van der Waals surface area contributed by atoms with Gasteiger partial charge in [0.25, 0.3) is 0 Å². The zero-order valence-corrected chi connectivity index (χ0v) is 13.5. The summed E-state index contributed by atoms with van der Waals surface area (Å²) >= 11 is 0. The molecular formula is C17H28N4. The number of hydrogen-bond donors (Lipinski definition) is 2. The van der Waals surface area contributed by atoms with Gasteiger partial charge in [0, 0.05) is 18.6 Å². The predicted molar refractivity (Wildman–Crippen MR) is 88.9 cm³/mol. The summed E-state index contributed by atoms with van der Waals surface area (Å²) in [6.45, 7) is 1.84. The normalized spacial score (nSPS) is 18.5. The first kappa shape index (κ1) is 16.0. The molecule has 1 aliphatic carbocycles. The van der Waals surface area contributed by atoms with Crippen molar-refractivity contribution in [2.45, 2.75) is 30.7 Å². The molecule has 4 heteroatoms. The van der Waals surface area contributed by atoms with Gasteiger partial charge in [0.1, 0.15) is 0 Å². The Bertz CT molecular complexity index is 465. The van der Waals surface area contributed by atoms with E-state index in [1.54, 1.807) is 0 Å². The highest BCUT2D eigenvalue weighted by atomic mass is 15.2. The van der Waals surface area contributed by atoms with Crippen LogP contribution in [0.2, 0.25) is 0 Å². The van der Waals surface area contributed by atoms with E-state index >= 15 is 0 Å². The maximum Gasteiger partial charge on any atom is 0.0995 e. The Hall–Kier alpha value is -1.39. The van der Waals surface area contributed by atoms with Crippen LogP contribution in [0.3, 0.4) is 0 Å². The van der Waals surface area contributed by atoms with Gasteiger partial charge < -0.3 is 15.5 Å². The van der Waals surface area contributed by atoms with Crippen molar-refractivity contribution in [1.29, 1.82) is 5.41 Å². The largest absolute Gasteiger partial charge is 0.387 e. The predicted octanol–water partition coefficient (Wildman–Crippen LogP) is 2.12. The second-order valence-corrected chi connectivity index (χ2v) is 6.59. The smallest absolute Gasteiger partial charge is 0.0995 e. The summed E-state index contributed by atoms with van der Waals surface area (Å²) in [6, 6.07) is 10.1. The number of benzene rings is 1. The van der Waals surface area contributed by atoms with Crippen molar-refractivity contribution in [2.75, 3.05) is 34.2 Å². The Morgan fingerprint density at radius 2 is 1.86 bits per heavy atom. The Balaban J connectivity index is 2.02. The summed E-state index contributed by atoms with van der Waals surface area (Å²) in [7, 11) is 6.49. The van der Waals surface area contributed by atoms with E-state index in [-0.39, 0.29) is 11.8 Å². The van der Waals surface area contributed by atoms with Gasteiger partial charge >= 0.3 is 0 Å². The Morgan fingerprint density at radius 1 is 1.24 bits per heavy atom. The molecule has 21 heavy (non-hydrogen) atoms. The van der Waals surface area contributed by atoms with E-state index in [2.05, 4.69) is 43.1 Å². The fourth-order valence-corrected chi connectivity index (χ4v) is 3.28. The van der Waals surface area contributed by atoms with Crippen molar-refractivity contribution in [3.8, 4) is 0 Å². The quantitative estimate of drug-likeness (QED) is 0.597. The van der Waals surface area contributed by atoms with Gasteiger partial charge in [0.05, 0.1) is 11.8 Å². The molecule has 0 aromatic heterocycles. The van der Waals surface area contributed by atoms with Crippen molar-refractivity contribution in [2.24, 2.45) is 5.73 Å². The lowest BCUT2D eigenvalue weighted by Crippen LogP contribution is -2.57. The van der Waals surface area contributed by atoms with Gasteiger partial charge in [-0.1, -0.05) is 30.3 Å². The monoisotopic (exact) mass is 288 g/mol. The maximum absolute atomic E-state index is 7.90. The van der Waals surface area contributed by atoms with Crippen molar-refractivity contribution in [3.05, 3.63) is 35.9 Å². The maximum atomic E-state index is 7.90. The molecule has 0 saturated heterocycles. The number of nitrogens with zero attached hydrogens (tertiary/aromatic N) is 2. The summed E-state index contributed by atoms with van der Waals surface area (Å²) in [5.74, 6) is 0.232. The Kier molecular flexibility index (Phi) is 5.01. The summed E-state index contributed by atoms with van der Waals surface area (Å²) in [5, 5.41) is 7.90. The van der Waals surface area contributed by atoms with E-state index in [4.69, 9.17) is 11.1 Å². The fraction of sp³-hybridized carbons (Fsp3) is 0.588. The lowest BCUT2D eigenvalue weighted by atomic mass is 9.75. The first-order valence-electron chi connectivity index (χ1n) is 7.69. The van der Waals surface area contributed by atoms with Crippen LogP contribution in [0.5, 0.6) is 0 Å². The highest BCUT2D eigenvalue weighted by Gasteiger charge is 2.40. The molecule has 0 heterocycles. The van der Waals surface area contributed by atoms with Crippen molar-refractivity contribution < 1.29 is 0 Å². The van der Waals surface area contributed by atoms with Crippen LogP contribution >= 0.6 is 0 Å². The van der Waals surface area contributed by atoms with E-state index in [0.29, 0.717) is 5.54 Å². The molecular weight excluding hydrogens is 260 g/mol. The first-order valence-corrected chi connectivity index (χ1v) is 7.69. The van der Waals surface area contributed by atoms with Gasteiger partial charge in [-0.3, -0.25) is 5.41 Å². The molecule has 1 aliphatic rings. The van der Waals surface area contributed by atoms with Crippen molar-refractivity contribution in [3.63, 3.8) is 0 Å². The average molecular weight is 288 g/mol. The summed E-state index contributed by atoms with van der Waals surface area (Å²) in [5.41, 5.74) is 7.27. The minimum absolute atomic E-state index is 0.0181. The van der Waals surface area contributed by atoms with E-state index in [1.807, 2.05) is 18.2 Å². The minimum atomic E-state index is -0.0181. The number of rotatable bonds is 7. The third kappa shape index (κ3) is 3.63. The molecule has 0 amide bonds. The standard InChI is InChI=1S/C17H28N4/c1-20(2)17(10-7-11-17)13-21(3)12-15(16(18)19)14-8-5-4-6-9-14/h4-6,8-9,15H,7,10-13H2,1-3H3,(H3,18,19).